The first kappa shape index (κ1) is 12.5. The predicted octanol–water partition coefficient (Wildman–Crippen LogP) is 3.92. The zero-order chi connectivity index (χ0) is 13.0. The van der Waals surface area contributed by atoms with E-state index in [2.05, 4.69) is 37.4 Å². The second kappa shape index (κ2) is 5.58. The van der Waals surface area contributed by atoms with E-state index in [1.54, 1.807) is 7.11 Å². The largest absolute Gasteiger partial charge is 0.497 e. The Hall–Kier alpha value is -1.96. The molecule has 0 aromatic heterocycles. The van der Waals surface area contributed by atoms with Crippen molar-refractivity contribution in [3.8, 4) is 5.75 Å². The first-order chi connectivity index (χ1) is 8.69. The number of hydrogen-bond acceptors (Lipinski definition) is 2. The Morgan fingerprint density at radius 2 is 1.89 bits per heavy atom. The molecule has 0 aliphatic heterocycles. The van der Waals surface area contributed by atoms with Gasteiger partial charge in [-0.25, -0.2) is 0 Å². The third kappa shape index (κ3) is 3.04. The topological polar surface area (TPSA) is 21.3 Å². The van der Waals surface area contributed by atoms with E-state index in [1.165, 1.54) is 16.7 Å². The average molecular weight is 241 g/mol. The molecule has 0 saturated heterocycles. The van der Waals surface area contributed by atoms with Crippen molar-refractivity contribution in [1.29, 1.82) is 0 Å². The van der Waals surface area contributed by atoms with Gasteiger partial charge in [-0.05, 0) is 37.1 Å². The van der Waals surface area contributed by atoms with Crippen molar-refractivity contribution < 1.29 is 4.74 Å². The van der Waals surface area contributed by atoms with E-state index in [0.29, 0.717) is 0 Å². The summed E-state index contributed by atoms with van der Waals surface area (Å²) in [5.74, 6) is 0.876. The minimum absolute atomic E-state index is 0.834. The van der Waals surface area contributed by atoms with Gasteiger partial charge in [0, 0.05) is 18.3 Å². The molecular formula is C16H19NO. The maximum absolute atomic E-state index is 5.21. The van der Waals surface area contributed by atoms with E-state index in [0.717, 1.165) is 18.0 Å². The van der Waals surface area contributed by atoms with Gasteiger partial charge < -0.3 is 10.1 Å². The molecule has 0 atom stereocenters. The molecule has 2 nitrogen and oxygen atoms in total. The van der Waals surface area contributed by atoms with Crippen LogP contribution in [0.5, 0.6) is 5.75 Å². The summed E-state index contributed by atoms with van der Waals surface area (Å²) in [5.41, 5.74) is 5.02. The number of rotatable bonds is 4. The third-order valence-corrected chi connectivity index (χ3v) is 3.06. The Labute approximate surface area is 109 Å². The molecule has 2 heteroatoms. The maximum Gasteiger partial charge on any atom is 0.120 e. The van der Waals surface area contributed by atoms with Crippen LogP contribution in [-0.4, -0.2) is 7.11 Å². The summed E-state index contributed by atoms with van der Waals surface area (Å²) in [6.07, 6.45) is 0. The molecule has 1 N–H and O–H groups in total. The van der Waals surface area contributed by atoms with Crippen LogP contribution in [0, 0.1) is 13.8 Å². The molecule has 0 radical (unpaired) electrons. The lowest BCUT2D eigenvalue weighted by Gasteiger charge is -2.11. The van der Waals surface area contributed by atoms with E-state index in [9.17, 15) is 0 Å². The van der Waals surface area contributed by atoms with Crippen molar-refractivity contribution in [3.63, 3.8) is 0 Å². The smallest absolute Gasteiger partial charge is 0.120 e. The molecule has 0 unspecified atom stereocenters. The molecule has 0 aliphatic rings. The van der Waals surface area contributed by atoms with E-state index < -0.39 is 0 Å². The molecule has 0 spiro atoms. The summed E-state index contributed by atoms with van der Waals surface area (Å²) < 4.78 is 5.21. The van der Waals surface area contributed by atoms with Gasteiger partial charge in [0.15, 0.2) is 0 Å². The second-order valence-corrected chi connectivity index (χ2v) is 4.52. The normalized spacial score (nSPS) is 10.2. The predicted molar refractivity (Wildman–Crippen MR) is 76.2 cm³/mol. The van der Waals surface area contributed by atoms with Gasteiger partial charge in [0.2, 0.25) is 0 Å². The number of anilines is 1. The van der Waals surface area contributed by atoms with Gasteiger partial charge in [-0.15, -0.1) is 0 Å². The van der Waals surface area contributed by atoms with Crippen LogP contribution in [0.15, 0.2) is 42.5 Å². The van der Waals surface area contributed by atoms with Crippen LogP contribution in [0.3, 0.4) is 0 Å². The standard InChI is InChI=1S/C16H19NO/c1-12-7-8-13(2)14(9-12)11-17-15-5-4-6-16(10-15)18-3/h4-10,17H,11H2,1-3H3. The Bertz CT molecular complexity index is 534. The lowest BCUT2D eigenvalue weighted by Crippen LogP contribution is -2.01. The van der Waals surface area contributed by atoms with Crippen molar-refractivity contribution in [2.24, 2.45) is 0 Å². The van der Waals surface area contributed by atoms with Crippen LogP contribution in [0.25, 0.3) is 0 Å². The Morgan fingerprint density at radius 1 is 1.06 bits per heavy atom. The van der Waals surface area contributed by atoms with Crippen molar-refractivity contribution in [3.05, 3.63) is 59.2 Å². The summed E-state index contributed by atoms with van der Waals surface area (Å²) in [5, 5.41) is 3.42. The number of benzene rings is 2. The number of ether oxygens (including phenoxy) is 1. The summed E-state index contributed by atoms with van der Waals surface area (Å²) in [7, 11) is 1.68. The van der Waals surface area contributed by atoms with Gasteiger partial charge in [0.25, 0.3) is 0 Å². The monoisotopic (exact) mass is 241 g/mol. The van der Waals surface area contributed by atoms with Gasteiger partial charge in [-0.1, -0.05) is 29.8 Å². The van der Waals surface area contributed by atoms with Crippen molar-refractivity contribution in [2.75, 3.05) is 12.4 Å². The second-order valence-electron chi connectivity index (χ2n) is 4.52. The summed E-state index contributed by atoms with van der Waals surface area (Å²) >= 11 is 0. The summed E-state index contributed by atoms with van der Waals surface area (Å²) in [6.45, 7) is 5.09. The van der Waals surface area contributed by atoms with Crippen LogP contribution in [-0.2, 0) is 6.54 Å². The van der Waals surface area contributed by atoms with E-state index in [4.69, 9.17) is 4.74 Å². The van der Waals surface area contributed by atoms with Gasteiger partial charge in [-0.3, -0.25) is 0 Å². The SMILES string of the molecule is COc1cccc(NCc2cc(C)ccc2C)c1. The van der Waals surface area contributed by atoms with Crippen LogP contribution in [0.4, 0.5) is 5.69 Å². The quantitative estimate of drug-likeness (QED) is 0.875. The Morgan fingerprint density at radius 3 is 2.67 bits per heavy atom. The molecule has 0 bridgehead atoms. The maximum atomic E-state index is 5.21. The molecule has 2 rings (SSSR count). The van der Waals surface area contributed by atoms with E-state index in [-0.39, 0.29) is 0 Å². The minimum Gasteiger partial charge on any atom is -0.497 e. The third-order valence-electron chi connectivity index (χ3n) is 3.06. The molecule has 2 aromatic carbocycles. The first-order valence-corrected chi connectivity index (χ1v) is 6.13. The fourth-order valence-corrected chi connectivity index (χ4v) is 1.92. The molecule has 0 saturated carbocycles. The fraction of sp³-hybridized carbons (Fsp3) is 0.250. The minimum atomic E-state index is 0.834. The number of aryl methyl sites for hydroxylation is 2. The molecule has 0 fully saturated rings. The molecule has 2 aromatic rings. The lowest BCUT2D eigenvalue weighted by atomic mass is 10.1. The zero-order valence-electron chi connectivity index (χ0n) is 11.2. The van der Waals surface area contributed by atoms with Crippen LogP contribution in [0.2, 0.25) is 0 Å². The lowest BCUT2D eigenvalue weighted by molar-refractivity contribution is 0.415. The number of methoxy groups -OCH3 is 1. The van der Waals surface area contributed by atoms with E-state index >= 15 is 0 Å². The van der Waals surface area contributed by atoms with Crippen molar-refractivity contribution in [1.82, 2.24) is 0 Å². The van der Waals surface area contributed by atoms with Gasteiger partial charge in [-0.2, -0.15) is 0 Å². The molecular weight excluding hydrogens is 222 g/mol. The fourth-order valence-electron chi connectivity index (χ4n) is 1.92. The molecule has 0 amide bonds. The van der Waals surface area contributed by atoms with Crippen LogP contribution < -0.4 is 10.1 Å². The Balaban J connectivity index is 2.08. The Kier molecular flexibility index (Phi) is 3.88. The first-order valence-electron chi connectivity index (χ1n) is 6.13. The average Bonchev–Trinajstić information content (AvgIpc) is 2.40. The molecule has 0 aliphatic carbocycles. The van der Waals surface area contributed by atoms with Gasteiger partial charge >= 0.3 is 0 Å². The van der Waals surface area contributed by atoms with Crippen molar-refractivity contribution >= 4 is 5.69 Å². The van der Waals surface area contributed by atoms with Gasteiger partial charge in [0.1, 0.15) is 5.75 Å². The molecule has 94 valence electrons. The highest BCUT2D eigenvalue weighted by molar-refractivity contribution is 5.49. The number of hydrogen-bond donors (Lipinski definition) is 1. The van der Waals surface area contributed by atoms with E-state index in [1.807, 2.05) is 24.3 Å². The highest BCUT2D eigenvalue weighted by Crippen LogP contribution is 2.18. The van der Waals surface area contributed by atoms with Gasteiger partial charge in [0.05, 0.1) is 7.11 Å². The summed E-state index contributed by atoms with van der Waals surface area (Å²) in [6, 6.07) is 14.5. The number of nitrogens with one attached hydrogen (secondary N) is 1. The molecule has 18 heavy (non-hydrogen) atoms. The highest BCUT2D eigenvalue weighted by atomic mass is 16.5. The zero-order valence-corrected chi connectivity index (χ0v) is 11.2. The highest BCUT2D eigenvalue weighted by Gasteiger charge is 2.00. The van der Waals surface area contributed by atoms with Crippen LogP contribution >= 0.6 is 0 Å². The summed E-state index contributed by atoms with van der Waals surface area (Å²) in [4.78, 5) is 0. The van der Waals surface area contributed by atoms with Crippen molar-refractivity contribution in [2.45, 2.75) is 20.4 Å². The van der Waals surface area contributed by atoms with Crippen LogP contribution in [0.1, 0.15) is 16.7 Å². The molecule has 0 heterocycles.